The summed E-state index contributed by atoms with van der Waals surface area (Å²) in [5, 5.41) is 2.93. The molecule has 0 unspecified atom stereocenters. The summed E-state index contributed by atoms with van der Waals surface area (Å²) < 4.78 is 10.7. The lowest BCUT2D eigenvalue weighted by molar-refractivity contribution is -0.0346. The molecular weight excluding hydrogens is 160 g/mol. The molecular formula is C7H12N2O3. The van der Waals surface area contributed by atoms with Gasteiger partial charge >= 0.3 is 0 Å². The number of nitrogens with two attached hydrogens (primary N) is 1. The Hall–Kier alpha value is -0.520. The zero-order valence-corrected chi connectivity index (χ0v) is 6.90. The highest BCUT2D eigenvalue weighted by atomic mass is 16.6. The zero-order chi connectivity index (χ0) is 8.77. The van der Waals surface area contributed by atoms with Crippen LogP contribution in [0.15, 0.2) is 5.18 Å². The van der Waals surface area contributed by atoms with Crippen LogP contribution < -0.4 is 5.73 Å². The number of nitrogens with zero attached hydrogens (tertiary/aromatic N) is 1. The maximum Gasteiger partial charge on any atom is 0.150 e. The lowest BCUT2D eigenvalue weighted by Crippen LogP contribution is -2.51. The van der Waals surface area contributed by atoms with Crippen molar-refractivity contribution in [1.29, 1.82) is 0 Å². The van der Waals surface area contributed by atoms with Gasteiger partial charge in [0.1, 0.15) is 17.9 Å². The molecule has 5 heteroatoms. The molecule has 2 aliphatic heterocycles. The van der Waals surface area contributed by atoms with E-state index in [0.29, 0.717) is 6.61 Å². The van der Waals surface area contributed by atoms with Crippen molar-refractivity contribution in [1.82, 2.24) is 0 Å². The molecule has 0 aromatic rings. The second-order valence-electron chi connectivity index (χ2n) is 3.49. The molecule has 2 saturated heterocycles. The standard InChI is InChI=1S/C7H12N2O3/c1-4-2-11-6-5(9-10)3-12-7(4,6)8/h4-6H,2-3,8H2,1H3/t4-,5-,6-,7-/m1/s1. The monoisotopic (exact) mass is 172 g/mol. The summed E-state index contributed by atoms with van der Waals surface area (Å²) in [4.78, 5) is 10.3. The Morgan fingerprint density at radius 1 is 1.58 bits per heavy atom. The lowest BCUT2D eigenvalue weighted by atomic mass is 9.96. The van der Waals surface area contributed by atoms with Crippen LogP contribution >= 0.6 is 0 Å². The summed E-state index contributed by atoms with van der Waals surface area (Å²) >= 11 is 0. The third-order valence-corrected chi connectivity index (χ3v) is 2.73. The summed E-state index contributed by atoms with van der Waals surface area (Å²) in [6, 6.07) is -0.431. The Kier molecular flexibility index (Phi) is 1.67. The smallest absolute Gasteiger partial charge is 0.150 e. The average Bonchev–Trinajstić information content (AvgIpc) is 2.51. The highest BCUT2D eigenvalue weighted by molar-refractivity contribution is 5.04. The van der Waals surface area contributed by atoms with E-state index in [0.717, 1.165) is 0 Å². The predicted molar refractivity (Wildman–Crippen MR) is 41.4 cm³/mol. The number of nitroso groups, excluding NO2 is 1. The van der Waals surface area contributed by atoms with Crippen LogP contribution in [-0.2, 0) is 9.47 Å². The van der Waals surface area contributed by atoms with Crippen LogP contribution in [0.5, 0.6) is 0 Å². The van der Waals surface area contributed by atoms with Crippen molar-refractivity contribution in [3.05, 3.63) is 4.91 Å². The molecule has 2 heterocycles. The van der Waals surface area contributed by atoms with Crippen molar-refractivity contribution >= 4 is 0 Å². The third-order valence-electron chi connectivity index (χ3n) is 2.73. The van der Waals surface area contributed by atoms with Crippen molar-refractivity contribution in [2.24, 2.45) is 16.8 Å². The van der Waals surface area contributed by atoms with E-state index in [4.69, 9.17) is 15.2 Å². The molecule has 0 aromatic heterocycles. The molecule has 5 nitrogen and oxygen atoms in total. The van der Waals surface area contributed by atoms with Gasteiger partial charge in [0.05, 0.1) is 13.2 Å². The van der Waals surface area contributed by atoms with Crippen molar-refractivity contribution in [2.75, 3.05) is 13.2 Å². The first-order valence-electron chi connectivity index (χ1n) is 4.05. The van der Waals surface area contributed by atoms with Crippen molar-refractivity contribution in [3.8, 4) is 0 Å². The summed E-state index contributed by atoms with van der Waals surface area (Å²) in [5.41, 5.74) is 5.15. The summed E-state index contributed by atoms with van der Waals surface area (Å²) in [6.45, 7) is 2.79. The minimum atomic E-state index is -0.779. The van der Waals surface area contributed by atoms with Crippen LogP contribution in [0.1, 0.15) is 6.92 Å². The fourth-order valence-corrected chi connectivity index (χ4v) is 1.83. The van der Waals surface area contributed by atoms with Gasteiger partial charge in [0.2, 0.25) is 0 Å². The molecule has 0 aliphatic carbocycles. The first kappa shape index (κ1) is 8.10. The molecule has 12 heavy (non-hydrogen) atoms. The molecule has 2 N–H and O–H groups in total. The second kappa shape index (κ2) is 2.48. The van der Waals surface area contributed by atoms with Crippen LogP contribution in [0, 0.1) is 10.8 Å². The molecule has 0 amide bonds. The summed E-state index contributed by atoms with van der Waals surface area (Å²) in [7, 11) is 0. The second-order valence-corrected chi connectivity index (χ2v) is 3.49. The number of ether oxygens (including phenoxy) is 2. The minimum Gasteiger partial charge on any atom is -0.371 e. The van der Waals surface area contributed by atoms with E-state index in [1.54, 1.807) is 0 Å². The van der Waals surface area contributed by atoms with E-state index in [1.807, 2.05) is 6.92 Å². The normalized spacial score (nSPS) is 52.3. The molecule has 2 rings (SSSR count). The van der Waals surface area contributed by atoms with Gasteiger partial charge in [0, 0.05) is 5.92 Å². The van der Waals surface area contributed by atoms with Crippen LogP contribution in [-0.4, -0.2) is 31.1 Å². The third kappa shape index (κ3) is 0.840. The van der Waals surface area contributed by atoms with Gasteiger partial charge in [-0.2, -0.15) is 4.91 Å². The maximum absolute atomic E-state index is 10.3. The van der Waals surface area contributed by atoms with Gasteiger partial charge in [-0.25, -0.2) is 0 Å². The van der Waals surface area contributed by atoms with E-state index in [1.165, 1.54) is 0 Å². The number of hydrogen-bond donors (Lipinski definition) is 1. The largest absolute Gasteiger partial charge is 0.371 e. The van der Waals surface area contributed by atoms with Gasteiger partial charge < -0.3 is 15.2 Å². The van der Waals surface area contributed by atoms with Gasteiger partial charge in [-0.15, -0.1) is 0 Å². The van der Waals surface area contributed by atoms with Crippen LogP contribution in [0.2, 0.25) is 0 Å². The first-order chi connectivity index (χ1) is 5.68. The number of hydrogen-bond acceptors (Lipinski definition) is 5. The molecule has 2 aliphatic rings. The van der Waals surface area contributed by atoms with Gasteiger partial charge in [-0.1, -0.05) is 12.1 Å². The fourth-order valence-electron chi connectivity index (χ4n) is 1.83. The summed E-state index contributed by atoms with van der Waals surface area (Å²) in [5.74, 6) is 0.134. The Bertz CT molecular complexity index is 211. The lowest BCUT2D eigenvalue weighted by Gasteiger charge is -2.25. The molecule has 0 spiro atoms. The van der Waals surface area contributed by atoms with E-state index in [-0.39, 0.29) is 18.6 Å². The Morgan fingerprint density at radius 2 is 2.33 bits per heavy atom. The maximum atomic E-state index is 10.3. The van der Waals surface area contributed by atoms with E-state index >= 15 is 0 Å². The Balaban J connectivity index is 2.23. The van der Waals surface area contributed by atoms with Crippen LogP contribution in [0.25, 0.3) is 0 Å². The van der Waals surface area contributed by atoms with Crippen molar-refractivity contribution in [3.63, 3.8) is 0 Å². The van der Waals surface area contributed by atoms with Crippen LogP contribution in [0.4, 0.5) is 0 Å². The van der Waals surface area contributed by atoms with Crippen LogP contribution in [0.3, 0.4) is 0 Å². The predicted octanol–water partition coefficient (Wildman–Crippen LogP) is -0.158. The number of fused-ring (bicyclic) bond motifs is 1. The Labute approximate surface area is 70.2 Å². The first-order valence-corrected chi connectivity index (χ1v) is 4.05. The van der Waals surface area contributed by atoms with E-state index in [2.05, 4.69) is 5.18 Å². The molecule has 68 valence electrons. The van der Waals surface area contributed by atoms with Crippen molar-refractivity contribution in [2.45, 2.75) is 24.8 Å². The highest BCUT2D eigenvalue weighted by Gasteiger charge is 2.56. The zero-order valence-electron chi connectivity index (χ0n) is 6.90. The van der Waals surface area contributed by atoms with Gasteiger partial charge in [-0.3, -0.25) is 0 Å². The van der Waals surface area contributed by atoms with Gasteiger partial charge in [0.25, 0.3) is 0 Å². The molecule has 4 atom stereocenters. The Morgan fingerprint density at radius 3 is 3.00 bits per heavy atom. The minimum absolute atomic E-state index is 0.134. The molecule has 0 aromatic carbocycles. The summed E-state index contributed by atoms with van der Waals surface area (Å²) in [6.07, 6.45) is -0.343. The highest BCUT2D eigenvalue weighted by Crippen LogP contribution is 2.38. The van der Waals surface area contributed by atoms with E-state index < -0.39 is 11.8 Å². The average molecular weight is 172 g/mol. The van der Waals surface area contributed by atoms with Gasteiger partial charge in [0.15, 0.2) is 0 Å². The van der Waals surface area contributed by atoms with Crippen molar-refractivity contribution < 1.29 is 9.47 Å². The molecule has 0 bridgehead atoms. The topological polar surface area (TPSA) is 73.9 Å². The number of rotatable bonds is 1. The SMILES string of the molecule is C[C@@H]1CO[C@@H]2[C@H](N=O)CO[C@]12N. The van der Waals surface area contributed by atoms with Gasteiger partial charge in [-0.05, 0) is 0 Å². The molecule has 0 radical (unpaired) electrons. The quantitative estimate of drug-likeness (QED) is 0.558. The molecule has 0 saturated carbocycles. The van der Waals surface area contributed by atoms with E-state index in [9.17, 15) is 4.91 Å². The molecule has 2 fully saturated rings. The fraction of sp³-hybridized carbons (Fsp3) is 1.00.